The molecule has 2 aromatic heterocycles. The molecule has 6 nitrogen and oxygen atoms in total. The summed E-state index contributed by atoms with van der Waals surface area (Å²) in [6.07, 6.45) is 1.48. The molecule has 1 N–H and O–H groups in total. The first kappa shape index (κ1) is 18.2. The lowest BCUT2D eigenvalue weighted by molar-refractivity contribution is 0.102. The highest BCUT2D eigenvalue weighted by atomic mass is 35.5. The van der Waals surface area contributed by atoms with Crippen molar-refractivity contribution in [3.8, 4) is 22.1 Å². The Balaban J connectivity index is 1.87. The van der Waals surface area contributed by atoms with Crippen LogP contribution in [-0.4, -0.2) is 30.1 Å². The number of ether oxygens (including phenoxy) is 2. The van der Waals surface area contributed by atoms with E-state index in [2.05, 4.69) is 15.3 Å². The van der Waals surface area contributed by atoms with Crippen molar-refractivity contribution in [1.82, 2.24) is 9.97 Å². The van der Waals surface area contributed by atoms with Gasteiger partial charge in [-0.15, -0.1) is 11.3 Å². The van der Waals surface area contributed by atoms with E-state index in [1.54, 1.807) is 33.3 Å². The van der Waals surface area contributed by atoms with E-state index >= 15 is 0 Å². The zero-order chi connectivity index (χ0) is 18.7. The number of aromatic nitrogens is 2. The number of halogens is 1. The van der Waals surface area contributed by atoms with Gasteiger partial charge in [-0.05, 0) is 37.3 Å². The molecule has 0 spiro atoms. The Kier molecular flexibility index (Phi) is 5.39. The molecule has 0 atom stereocenters. The van der Waals surface area contributed by atoms with Gasteiger partial charge in [-0.2, -0.15) is 0 Å². The van der Waals surface area contributed by atoms with Crippen molar-refractivity contribution in [3.05, 3.63) is 52.1 Å². The number of amides is 1. The van der Waals surface area contributed by atoms with Crippen molar-refractivity contribution in [2.45, 2.75) is 6.92 Å². The van der Waals surface area contributed by atoms with Gasteiger partial charge in [0.05, 0.1) is 24.9 Å². The van der Waals surface area contributed by atoms with Crippen molar-refractivity contribution in [1.29, 1.82) is 0 Å². The van der Waals surface area contributed by atoms with Crippen LogP contribution in [0.1, 0.15) is 15.4 Å². The maximum atomic E-state index is 12.5. The van der Waals surface area contributed by atoms with Gasteiger partial charge >= 0.3 is 0 Å². The molecule has 1 amide bonds. The van der Waals surface area contributed by atoms with Gasteiger partial charge in [0.25, 0.3) is 5.91 Å². The first-order chi connectivity index (χ1) is 12.5. The molecule has 0 aliphatic rings. The Hall–Kier alpha value is -2.64. The largest absolute Gasteiger partial charge is 0.493 e. The highest BCUT2D eigenvalue weighted by Crippen LogP contribution is 2.35. The van der Waals surface area contributed by atoms with E-state index in [1.165, 1.54) is 17.5 Å². The highest BCUT2D eigenvalue weighted by Gasteiger charge is 2.18. The lowest BCUT2D eigenvalue weighted by Gasteiger charge is -2.08. The Labute approximate surface area is 159 Å². The predicted octanol–water partition coefficient (Wildman–Crippen LogP) is 4.44. The summed E-state index contributed by atoms with van der Waals surface area (Å²) in [7, 11) is 3.16. The molecule has 0 aliphatic carbocycles. The second-order valence-corrected chi connectivity index (χ2v) is 6.75. The molecule has 2 heterocycles. The fourth-order valence-corrected chi connectivity index (χ4v) is 3.39. The van der Waals surface area contributed by atoms with Gasteiger partial charge in [0.1, 0.15) is 15.7 Å². The molecule has 134 valence electrons. The van der Waals surface area contributed by atoms with Crippen molar-refractivity contribution in [3.63, 3.8) is 0 Å². The molecule has 8 heteroatoms. The predicted molar refractivity (Wildman–Crippen MR) is 103 cm³/mol. The molecule has 26 heavy (non-hydrogen) atoms. The molecule has 0 aliphatic heterocycles. The van der Waals surface area contributed by atoms with Gasteiger partial charge in [0.15, 0.2) is 11.5 Å². The second kappa shape index (κ2) is 7.72. The number of carbonyl (C=O) groups excluding carboxylic acids is 1. The van der Waals surface area contributed by atoms with Gasteiger partial charge in [-0.3, -0.25) is 4.79 Å². The SMILES string of the molecule is COc1ccc(-c2nc(C)c(C(=O)Nc3ccc(Cl)cn3)s2)cc1OC. The summed E-state index contributed by atoms with van der Waals surface area (Å²) in [6.45, 7) is 1.80. The first-order valence-corrected chi connectivity index (χ1v) is 8.84. The zero-order valence-electron chi connectivity index (χ0n) is 14.4. The summed E-state index contributed by atoms with van der Waals surface area (Å²) >= 11 is 7.11. The average molecular weight is 390 g/mol. The standard InChI is InChI=1S/C18H16ClN3O3S/c1-10-16(17(23)22-15-7-5-12(19)9-20-15)26-18(21-10)11-4-6-13(24-2)14(8-11)25-3/h4-9H,1-3H3,(H,20,22,23). The van der Waals surface area contributed by atoms with Crippen molar-refractivity contribution in [2.75, 3.05) is 19.5 Å². The highest BCUT2D eigenvalue weighted by molar-refractivity contribution is 7.17. The lowest BCUT2D eigenvalue weighted by Crippen LogP contribution is -2.12. The van der Waals surface area contributed by atoms with Crippen LogP contribution in [0, 0.1) is 6.92 Å². The minimum Gasteiger partial charge on any atom is -0.493 e. The quantitative estimate of drug-likeness (QED) is 0.698. The molecule has 0 fully saturated rings. The van der Waals surface area contributed by atoms with E-state index in [1.807, 2.05) is 18.2 Å². The fourth-order valence-electron chi connectivity index (χ4n) is 2.32. The zero-order valence-corrected chi connectivity index (χ0v) is 15.9. The summed E-state index contributed by atoms with van der Waals surface area (Å²) in [4.78, 5) is 21.6. The van der Waals surface area contributed by atoms with Gasteiger partial charge in [0, 0.05) is 11.8 Å². The molecular formula is C18H16ClN3O3S. The Morgan fingerprint density at radius 2 is 1.92 bits per heavy atom. The van der Waals surface area contributed by atoms with Gasteiger partial charge < -0.3 is 14.8 Å². The third-order valence-corrected chi connectivity index (χ3v) is 5.03. The van der Waals surface area contributed by atoms with E-state index in [4.69, 9.17) is 21.1 Å². The number of nitrogens with zero attached hydrogens (tertiary/aromatic N) is 2. The lowest BCUT2D eigenvalue weighted by atomic mass is 10.2. The number of hydrogen-bond donors (Lipinski definition) is 1. The number of thiazole rings is 1. The minimum absolute atomic E-state index is 0.262. The average Bonchev–Trinajstić information content (AvgIpc) is 3.05. The summed E-state index contributed by atoms with van der Waals surface area (Å²) in [5.74, 6) is 1.41. The molecule has 3 aromatic rings. The van der Waals surface area contributed by atoms with Gasteiger partial charge in [0.2, 0.25) is 0 Å². The molecular weight excluding hydrogens is 374 g/mol. The fraction of sp³-hybridized carbons (Fsp3) is 0.167. The van der Waals surface area contributed by atoms with E-state index in [0.717, 1.165) is 10.6 Å². The summed E-state index contributed by atoms with van der Waals surface area (Å²) in [6, 6.07) is 8.83. The number of nitrogens with one attached hydrogen (secondary N) is 1. The summed E-state index contributed by atoms with van der Waals surface area (Å²) < 4.78 is 10.6. The molecule has 0 unspecified atom stereocenters. The number of hydrogen-bond acceptors (Lipinski definition) is 6. The van der Waals surface area contributed by atoms with Gasteiger partial charge in [-0.25, -0.2) is 9.97 Å². The van der Waals surface area contributed by atoms with Crippen molar-refractivity contribution < 1.29 is 14.3 Å². The Morgan fingerprint density at radius 1 is 1.15 bits per heavy atom. The minimum atomic E-state index is -0.262. The number of pyridine rings is 1. The summed E-state index contributed by atoms with van der Waals surface area (Å²) in [5.41, 5.74) is 1.49. The molecule has 0 saturated heterocycles. The van der Waals surface area contributed by atoms with E-state index in [9.17, 15) is 4.79 Å². The van der Waals surface area contributed by atoms with Crippen LogP contribution in [0.5, 0.6) is 11.5 Å². The van der Waals surface area contributed by atoms with Crippen molar-refractivity contribution >= 4 is 34.7 Å². The summed E-state index contributed by atoms with van der Waals surface area (Å²) in [5, 5.41) is 3.98. The van der Waals surface area contributed by atoms with Crippen LogP contribution in [0.3, 0.4) is 0 Å². The Bertz CT molecular complexity index is 941. The third kappa shape index (κ3) is 3.79. The molecule has 0 radical (unpaired) electrons. The van der Waals surface area contributed by atoms with Crippen LogP contribution in [0.15, 0.2) is 36.5 Å². The van der Waals surface area contributed by atoms with Crippen LogP contribution in [-0.2, 0) is 0 Å². The van der Waals surface area contributed by atoms with E-state index in [0.29, 0.717) is 32.9 Å². The molecule has 3 rings (SSSR count). The number of aryl methyl sites for hydroxylation is 1. The smallest absolute Gasteiger partial charge is 0.268 e. The van der Waals surface area contributed by atoms with Crippen LogP contribution in [0.25, 0.3) is 10.6 Å². The van der Waals surface area contributed by atoms with Crippen molar-refractivity contribution in [2.24, 2.45) is 0 Å². The number of carbonyl (C=O) groups is 1. The molecule has 1 aromatic carbocycles. The molecule has 0 saturated carbocycles. The third-order valence-electron chi connectivity index (χ3n) is 3.60. The number of methoxy groups -OCH3 is 2. The number of anilines is 1. The monoisotopic (exact) mass is 389 g/mol. The van der Waals surface area contributed by atoms with Crippen LogP contribution in [0.2, 0.25) is 5.02 Å². The van der Waals surface area contributed by atoms with Gasteiger partial charge in [-0.1, -0.05) is 11.6 Å². The maximum absolute atomic E-state index is 12.5. The molecule has 0 bridgehead atoms. The number of rotatable bonds is 5. The Morgan fingerprint density at radius 3 is 2.58 bits per heavy atom. The number of benzene rings is 1. The second-order valence-electron chi connectivity index (χ2n) is 5.32. The van der Waals surface area contributed by atoms with E-state index in [-0.39, 0.29) is 5.91 Å². The normalized spacial score (nSPS) is 10.5. The van der Waals surface area contributed by atoms with Crippen LogP contribution < -0.4 is 14.8 Å². The van der Waals surface area contributed by atoms with E-state index < -0.39 is 0 Å². The topological polar surface area (TPSA) is 73.3 Å². The van der Waals surface area contributed by atoms with Crippen LogP contribution in [0.4, 0.5) is 5.82 Å². The maximum Gasteiger partial charge on any atom is 0.268 e. The van der Waals surface area contributed by atoms with Crippen LogP contribution >= 0.6 is 22.9 Å². The first-order valence-electron chi connectivity index (χ1n) is 7.64.